The highest BCUT2D eigenvalue weighted by atomic mass is 32.2. The molecule has 2 aromatic rings. The maximum absolute atomic E-state index is 12.3. The molecule has 0 atom stereocenters. The summed E-state index contributed by atoms with van der Waals surface area (Å²) in [5.41, 5.74) is 3.35. The third kappa shape index (κ3) is 5.32. The molecule has 0 saturated heterocycles. The molecule has 0 unspecified atom stereocenters. The molecule has 0 aliphatic carbocycles. The van der Waals surface area contributed by atoms with Gasteiger partial charge in [-0.1, -0.05) is 48.5 Å². The normalized spacial score (nSPS) is 14.3. The molecule has 1 aliphatic heterocycles. The largest absolute Gasteiger partial charge is 0.356 e. The number of fused-ring (bicyclic) bond motifs is 1. The fraction of sp³-hybridized carbons (Fsp3) is 0.381. The van der Waals surface area contributed by atoms with E-state index in [0.29, 0.717) is 13.0 Å². The summed E-state index contributed by atoms with van der Waals surface area (Å²) < 4.78 is 24.6. The molecule has 0 aromatic heterocycles. The number of hydrogen-bond acceptors (Lipinski definition) is 3. The van der Waals surface area contributed by atoms with Gasteiger partial charge in [-0.2, -0.15) is 0 Å². The fourth-order valence-corrected chi connectivity index (χ4v) is 4.74. The van der Waals surface area contributed by atoms with E-state index in [2.05, 4.69) is 33.4 Å². The molecule has 0 amide bonds. The van der Waals surface area contributed by atoms with Gasteiger partial charge in [0.05, 0.1) is 11.5 Å². The van der Waals surface area contributed by atoms with Crippen LogP contribution in [0, 0.1) is 0 Å². The van der Waals surface area contributed by atoms with Gasteiger partial charge in [0.25, 0.3) is 0 Å². The summed E-state index contributed by atoms with van der Waals surface area (Å²) in [6.07, 6.45) is 1.53. The number of nitrogens with one attached hydrogen (secondary N) is 1. The Morgan fingerprint density at radius 3 is 2.63 bits per heavy atom. The summed E-state index contributed by atoms with van der Waals surface area (Å²) >= 11 is 0. The Morgan fingerprint density at radius 1 is 1.11 bits per heavy atom. The summed E-state index contributed by atoms with van der Waals surface area (Å²) in [6.45, 7) is 4.22. The summed E-state index contributed by atoms with van der Waals surface area (Å²) in [6, 6.07) is 17.7. The Bertz CT molecular complexity index is 879. The van der Waals surface area contributed by atoms with Crippen molar-refractivity contribution in [2.45, 2.75) is 25.5 Å². The van der Waals surface area contributed by atoms with E-state index in [0.717, 1.165) is 31.0 Å². The predicted molar refractivity (Wildman–Crippen MR) is 112 cm³/mol. The highest BCUT2D eigenvalue weighted by Gasteiger charge is 2.22. The number of aliphatic imine (C=N–C) groups is 1. The first-order chi connectivity index (χ1) is 13.1. The van der Waals surface area contributed by atoms with Crippen molar-refractivity contribution >= 4 is 21.5 Å². The van der Waals surface area contributed by atoms with Crippen molar-refractivity contribution in [3.05, 3.63) is 65.7 Å². The minimum Gasteiger partial charge on any atom is -0.356 e. The zero-order valence-electron chi connectivity index (χ0n) is 15.8. The van der Waals surface area contributed by atoms with Crippen molar-refractivity contribution in [2.75, 3.05) is 30.3 Å². The molecular formula is C21H27N3O2S. The molecule has 144 valence electrons. The zero-order chi connectivity index (χ0) is 19.1. The number of para-hydroxylation sites is 1. The molecule has 3 rings (SSSR count). The van der Waals surface area contributed by atoms with Crippen LogP contribution in [-0.4, -0.2) is 39.8 Å². The Labute approximate surface area is 162 Å². The average Bonchev–Trinajstić information content (AvgIpc) is 3.09. The molecule has 0 fully saturated rings. The molecule has 6 heteroatoms. The molecule has 0 spiro atoms. The monoisotopic (exact) mass is 385 g/mol. The van der Waals surface area contributed by atoms with Gasteiger partial charge in [-0.15, -0.1) is 0 Å². The van der Waals surface area contributed by atoms with Gasteiger partial charge in [0.2, 0.25) is 0 Å². The molecule has 1 heterocycles. The van der Waals surface area contributed by atoms with E-state index in [1.807, 2.05) is 43.3 Å². The quantitative estimate of drug-likeness (QED) is 0.452. The van der Waals surface area contributed by atoms with E-state index >= 15 is 0 Å². The lowest BCUT2D eigenvalue weighted by atomic mass is 10.2. The van der Waals surface area contributed by atoms with E-state index in [-0.39, 0.29) is 11.5 Å². The average molecular weight is 386 g/mol. The van der Waals surface area contributed by atoms with Crippen LogP contribution in [-0.2, 0) is 22.0 Å². The number of anilines is 1. The first kappa shape index (κ1) is 19.4. The summed E-state index contributed by atoms with van der Waals surface area (Å²) in [5.74, 6) is 1.08. The van der Waals surface area contributed by atoms with Crippen molar-refractivity contribution in [2.24, 2.45) is 4.99 Å². The van der Waals surface area contributed by atoms with E-state index in [4.69, 9.17) is 0 Å². The third-order valence-corrected chi connectivity index (χ3v) is 6.27. The maximum atomic E-state index is 12.3. The molecule has 5 nitrogen and oxygen atoms in total. The van der Waals surface area contributed by atoms with Crippen LogP contribution in [0.4, 0.5) is 5.69 Å². The Balaban J connectivity index is 1.58. The molecule has 1 aliphatic rings. The number of guanidine groups is 1. The summed E-state index contributed by atoms with van der Waals surface area (Å²) in [5, 5.41) is 3.33. The fourth-order valence-electron chi connectivity index (χ4n) is 3.32. The maximum Gasteiger partial charge on any atom is 0.198 e. The predicted octanol–water partition coefficient (Wildman–Crippen LogP) is 3.02. The Hall–Kier alpha value is -2.34. The van der Waals surface area contributed by atoms with Gasteiger partial charge >= 0.3 is 0 Å². The number of sulfone groups is 1. The van der Waals surface area contributed by atoms with E-state index in [9.17, 15) is 8.42 Å². The molecule has 1 N–H and O–H groups in total. The number of nitrogens with zero attached hydrogens (tertiary/aromatic N) is 2. The smallest absolute Gasteiger partial charge is 0.198 e. The van der Waals surface area contributed by atoms with Crippen LogP contribution < -0.4 is 10.2 Å². The van der Waals surface area contributed by atoms with Gasteiger partial charge in [0.1, 0.15) is 0 Å². The summed E-state index contributed by atoms with van der Waals surface area (Å²) in [4.78, 5) is 6.86. The van der Waals surface area contributed by atoms with Gasteiger partial charge in [-0.3, -0.25) is 4.99 Å². The number of hydrogen-bond donors (Lipinski definition) is 1. The van der Waals surface area contributed by atoms with Gasteiger partial charge < -0.3 is 10.2 Å². The van der Waals surface area contributed by atoms with Crippen molar-refractivity contribution < 1.29 is 8.42 Å². The van der Waals surface area contributed by atoms with Crippen LogP contribution in [0.3, 0.4) is 0 Å². The van der Waals surface area contributed by atoms with Crippen molar-refractivity contribution in [3.8, 4) is 0 Å². The Morgan fingerprint density at radius 2 is 1.85 bits per heavy atom. The van der Waals surface area contributed by atoms with Crippen molar-refractivity contribution in [3.63, 3.8) is 0 Å². The SMILES string of the molecule is CCNC(=NCCCS(=O)(=O)Cc1ccccc1)N1CCc2ccccc21. The lowest BCUT2D eigenvalue weighted by Crippen LogP contribution is -2.40. The highest BCUT2D eigenvalue weighted by Crippen LogP contribution is 2.27. The van der Waals surface area contributed by atoms with Gasteiger partial charge in [-0.05, 0) is 37.0 Å². The molecule has 0 bridgehead atoms. The van der Waals surface area contributed by atoms with Gasteiger partial charge in [0.15, 0.2) is 15.8 Å². The molecular weight excluding hydrogens is 358 g/mol. The first-order valence-electron chi connectivity index (χ1n) is 9.47. The molecule has 0 radical (unpaired) electrons. The summed E-state index contributed by atoms with van der Waals surface area (Å²) in [7, 11) is -3.12. The molecule has 27 heavy (non-hydrogen) atoms. The standard InChI is InChI=1S/C21H27N3O2S/c1-2-22-21(24-15-13-19-11-6-7-12-20(19)24)23-14-8-16-27(25,26)17-18-9-4-3-5-10-18/h3-7,9-12H,2,8,13-17H2,1H3,(H,22,23). The second-order valence-corrected chi connectivity index (χ2v) is 8.88. The van der Waals surface area contributed by atoms with E-state index < -0.39 is 9.84 Å². The van der Waals surface area contributed by atoms with E-state index in [1.54, 1.807) is 0 Å². The van der Waals surface area contributed by atoms with Crippen LogP contribution in [0.5, 0.6) is 0 Å². The van der Waals surface area contributed by atoms with Crippen LogP contribution >= 0.6 is 0 Å². The van der Waals surface area contributed by atoms with Crippen LogP contribution in [0.15, 0.2) is 59.6 Å². The lowest BCUT2D eigenvalue weighted by Gasteiger charge is -2.22. The van der Waals surface area contributed by atoms with Crippen molar-refractivity contribution in [1.82, 2.24) is 5.32 Å². The zero-order valence-corrected chi connectivity index (χ0v) is 16.6. The topological polar surface area (TPSA) is 61.8 Å². The van der Waals surface area contributed by atoms with Crippen molar-refractivity contribution in [1.29, 1.82) is 0 Å². The second kappa shape index (κ2) is 9.04. The van der Waals surface area contributed by atoms with Crippen LogP contribution in [0.1, 0.15) is 24.5 Å². The van der Waals surface area contributed by atoms with Gasteiger partial charge in [0, 0.05) is 25.3 Å². The van der Waals surface area contributed by atoms with Crippen LogP contribution in [0.2, 0.25) is 0 Å². The highest BCUT2D eigenvalue weighted by molar-refractivity contribution is 7.90. The third-order valence-electron chi connectivity index (χ3n) is 4.58. The molecule has 2 aromatic carbocycles. The minimum absolute atomic E-state index is 0.0944. The first-order valence-corrected chi connectivity index (χ1v) is 11.3. The number of benzene rings is 2. The Kier molecular flexibility index (Phi) is 6.50. The lowest BCUT2D eigenvalue weighted by molar-refractivity contribution is 0.593. The van der Waals surface area contributed by atoms with Crippen LogP contribution in [0.25, 0.3) is 0 Å². The van der Waals surface area contributed by atoms with E-state index in [1.165, 1.54) is 11.3 Å². The minimum atomic E-state index is -3.12. The second-order valence-electron chi connectivity index (χ2n) is 6.70. The number of rotatable bonds is 7. The van der Waals surface area contributed by atoms with Gasteiger partial charge in [-0.25, -0.2) is 8.42 Å². The molecule has 0 saturated carbocycles.